The Morgan fingerprint density at radius 1 is 1.37 bits per heavy atom. The van der Waals surface area contributed by atoms with Crippen LogP contribution in [-0.2, 0) is 0 Å². The lowest BCUT2D eigenvalue weighted by Gasteiger charge is -2.08. The minimum atomic E-state index is -0.559. The summed E-state index contributed by atoms with van der Waals surface area (Å²) in [6.45, 7) is 1.71. The number of pyridine rings is 1. The number of hydrogen-bond donors (Lipinski definition) is 2. The van der Waals surface area contributed by atoms with Crippen LogP contribution in [0.5, 0.6) is 0 Å². The van der Waals surface area contributed by atoms with Crippen LogP contribution in [0.4, 0.5) is 15.8 Å². The molecule has 1 amide bonds. The number of nitrogens with one attached hydrogen (secondary N) is 1. The van der Waals surface area contributed by atoms with Crippen molar-refractivity contribution in [2.45, 2.75) is 6.92 Å². The molecule has 2 aromatic rings. The van der Waals surface area contributed by atoms with Gasteiger partial charge in [0.2, 0.25) is 0 Å². The van der Waals surface area contributed by atoms with Gasteiger partial charge >= 0.3 is 0 Å². The number of aryl methyl sites for hydroxylation is 1. The fourth-order valence-electron chi connectivity index (χ4n) is 1.60. The van der Waals surface area contributed by atoms with Crippen molar-refractivity contribution in [1.82, 2.24) is 4.98 Å². The molecule has 98 valence electrons. The highest BCUT2D eigenvalue weighted by atomic mass is 35.5. The molecule has 4 nitrogen and oxygen atoms in total. The van der Waals surface area contributed by atoms with Crippen molar-refractivity contribution < 1.29 is 9.18 Å². The van der Waals surface area contributed by atoms with Gasteiger partial charge in [0.25, 0.3) is 5.91 Å². The highest BCUT2D eigenvalue weighted by Crippen LogP contribution is 2.18. The van der Waals surface area contributed by atoms with E-state index in [2.05, 4.69) is 10.3 Å². The number of anilines is 2. The van der Waals surface area contributed by atoms with Gasteiger partial charge in [-0.15, -0.1) is 0 Å². The number of benzene rings is 1. The average Bonchev–Trinajstić information content (AvgIpc) is 2.31. The predicted molar refractivity (Wildman–Crippen MR) is 72.7 cm³/mol. The molecule has 19 heavy (non-hydrogen) atoms. The van der Waals surface area contributed by atoms with Crippen LogP contribution in [0.25, 0.3) is 0 Å². The first kappa shape index (κ1) is 13.3. The molecule has 0 radical (unpaired) electrons. The first-order valence-corrected chi connectivity index (χ1v) is 5.84. The minimum absolute atomic E-state index is 0.145. The zero-order valence-electron chi connectivity index (χ0n) is 10.1. The fraction of sp³-hybridized carbons (Fsp3) is 0.0769. The highest BCUT2D eigenvalue weighted by Gasteiger charge is 2.10. The second-order valence-electron chi connectivity index (χ2n) is 3.99. The minimum Gasteiger partial charge on any atom is -0.399 e. The second-order valence-corrected chi connectivity index (χ2v) is 4.38. The summed E-state index contributed by atoms with van der Waals surface area (Å²) in [5.41, 5.74) is 6.91. The number of nitrogens with two attached hydrogens (primary N) is 1. The van der Waals surface area contributed by atoms with Crippen LogP contribution in [-0.4, -0.2) is 10.9 Å². The highest BCUT2D eigenvalue weighted by molar-refractivity contribution is 6.29. The number of nitrogens with zero attached hydrogens (tertiary/aromatic N) is 1. The van der Waals surface area contributed by atoms with Crippen LogP contribution in [0.3, 0.4) is 0 Å². The van der Waals surface area contributed by atoms with Crippen molar-refractivity contribution in [3.8, 4) is 0 Å². The van der Waals surface area contributed by atoms with E-state index in [1.54, 1.807) is 19.1 Å². The third-order valence-electron chi connectivity index (χ3n) is 2.48. The Kier molecular flexibility index (Phi) is 3.66. The first-order valence-electron chi connectivity index (χ1n) is 5.46. The van der Waals surface area contributed by atoms with E-state index >= 15 is 0 Å². The molecule has 1 heterocycles. The third kappa shape index (κ3) is 3.20. The van der Waals surface area contributed by atoms with Crippen LogP contribution in [0.2, 0.25) is 5.15 Å². The van der Waals surface area contributed by atoms with Gasteiger partial charge in [-0.2, -0.15) is 0 Å². The summed E-state index contributed by atoms with van der Waals surface area (Å²) in [7, 11) is 0. The first-order chi connectivity index (χ1) is 8.95. The molecule has 0 unspecified atom stereocenters. The molecular weight excluding hydrogens is 269 g/mol. The molecule has 0 fully saturated rings. The number of nitrogen functional groups attached to an aromatic ring is 1. The predicted octanol–water partition coefficient (Wildman–Crippen LogP) is 3.02. The SMILES string of the molecule is Cc1nc(Cl)ccc1NC(=O)c1cc(N)cc(F)c1. The zero-order valence-corrected chi connectivity index (χ0v) is 10.8. The van der Waals surface area contributed by atoms with E-state index in [1.807, 2.05) is 0 Å². The van der Waals surface area contributed by atoms with Gasteiger partial charge in [0.15, 0.2) is 0 Å². The Morgan fingerprint density at radius 2 is 2.11 bits per heavy atom. The fourth-order valence-corrected chi connectivity index (χ4v) is 1.79. The van der Waals surface area contributed by atoms with E-state index in [-0.39, 0.29) is 11.3 Å². The smallest absolute Gasteiger partial charge is 0.255 e. The maximum Gasteiger partial charge on any atom is 0.255 e. The monoisotopic (exact) mass is 279 g/mol. The van der Waals surface area contributed by atoms with E-state index in [4.69, 9.17) is 17.3 Å². The van der Waals surface area contributed by atoms with Crippen molar-refractivity contribution in [1.29, 1.82) is 0 Å². The Morgan fingerprint density at radius 3 is 2.74 bits per heavy atom. The second kappa shape index (κ2) is 5.24. The zero-order chi connectivity index (χ0) is 14.0. The standard InChI is InChI=1S/C13H11ClFN3O/c1-7-11(2-3-12(14)17-7)18-13(19)8-4-9(15)6-10(16)5-8/h2-6H,16H2,1H3,(H,18,19). The molecule has 0 spiro atoms. The third-order valence-corrected chi connectivity index (χ3v) is 2.69. The van der Waals surface area contributed by atoms with Crippen molar-refractivity contribution in [2.24, 2.45) is 0 Å². The van der Waals surface area contributed by atoms with Gasteiger partial charge in [-0.05, 0) is 37.3 Å². The lowest BCUT2D eigenvalue weighted by molar-refractivity contribution is 0.102. The molecular formula is C13H11ClFN3O. The van der Waals surface area contributed by atoms with Crippen molar-refractivity contribution >= 4 is 28.9 Å². The lowest BCUT2D eigenvalue weighted by Crippen LogP contribution is -2.13. The number of rotatable bonds is 2. The summed E-state index contributed by atoms with van der Waals surface area (Å²) in [5.74, 6) is -1.02. The van der Waals surface area contributed by atoms with E-state index in [0.29, 0.717) is 16.5 Å². The van der Waals surface area contributed by atoms with Gasteiger partial charge in [0.1, 0.15) is 11.0 Å². The molecule has 0 bridgehead atoms. The summed E-state index contributed by atoms with van der Waals surface area (Å²) in [6.07, 6.45) is 0. The summed E-state index contributed by atoms with van der Waals surface area (Å²) in [6, 6.07) is 6.85. The van der Waals surface area contributed by atoms with E-state index in [1.165, 1.54) is 6.07 Å². The maximum atomic E-state index is 13.2. The summed E-state index contributed by atoms with van der Waals surface area (Å²) >= 11 is 5.72. The molecule has 1 aromatic carbocycles. The molecule has 1 aromatic heterocycles. The molecule has 2 rings (SSSR count). The summed E-state index contributed by atoms with van der Waals surface area (Å²) in [5, 5.41) is 2.96. The Hall–Kier alpha value is -2.14. The summed E-state index contributed by atoms with van der Waals surface area (Å²) in [4.78, 5) is 16.0. The van der Waals surface area contributed by atoms with Gasteiger partial charge in [-0.3, -0.25) is 4.79 Å². The normalized spacial score (nSPS) is 10.3. The summed E-state index contributed by atoms with van der Waals surface area (Å²) < 4.78 is 13.2. The molecule has 0 aliphatic heterocycles. The topological polar surface area (TPSA) is 68.0 Å². The number of halogens is 2. The van der Waals surface area contributed by atoms with Crippen LogP contribution < -0.4 is 11.1 Å². The molecule has 0 atom stereocenters. The Labute approximate surface area is 114 Å². The van der Waals surface area contributed by atoms with E-state index in [0.717, 1.165) is 12.1 Å². The molecule has 6 heteroatoms. The molecule has 0 saturated heterocycles. The number of hydrogen-bond acceptors (Lipinski definition) is 3. The molecule has 0 aliphatic carbocycles. The van der Waals surface area contributed by atoms with E-state index in [9.17, 15) is 9.18 Å². The van der Waals surface area contributed by atoms with Crippen LogP contribution in [0.1, 0.15) is 16.1 Å². The Balaban J connectivity index is 2.25. The van der Waals surface area contributed by atoms with Crippen molar-refractivity contribution in [3.63, 3.8) is 0 Å². The van der Waals surface area contributed by atoms with Crippen LogP contribution in [0, 0.1) is 12.7 Å². The number of carbonyl (C=O) groups excluding carboxylic acids is 1. The molecule has 3 N–H and O–H groups in total. The largest absolute Gasteiger partial charge is 0.399 e. The van der Waals surface area contributed by atoms with Gasteiger partial charge in [0, 0.05) is 11.3 Å². The van der Waals surface area contributed by atoms with Gasteiger partial charge in [-0.25, -0.2) is 9.37 Å². The van der Waals surface area contributed by atoms with E-state index < -0.39 is 11.7 Å². The van der Waals surface area contributed by atoms with Gasteiger partial charge < -0.3 is 11.1 Å². The number of carbonyl (C=O) groups is 1. The average molecular weight is 280 g/mol. The quantitative estimate of drug-likeness (QED) is 0.656. The molecule has 0 aliphatic rings. The van der Waals surface area contributed by atoms with Crippen molar-refractivity contribution in [3.05, 3.63) is 52.6 Å². The lowest BCUT2D eigenvalue weighted by atomic mass is 10.1. The van der Waals surface area contributed by atoms with Crippen LogP contribution >= 0.6 is 11.6 Å². The van der Waals surface area contributed by atoms with Crippen LogP contribution in [0.15, 0.2) is 30.3 Å². The van der Waals surface area contributed by atoms with Crippen molar-refractivity contribution in [2.75, 3.05) is 11.1 Å². The van der Waals surface area contributed by atoms with Gasteiger partial charge in [0.05, 0.1) is 11.4 Å². The number of aromatic nitrogens is 1. The number of amides is 1. The maximum absolute atomic E-state index is 13.2. The molecule has 0 saturated carbocycles. The Bertz CT molecular complexity index is 626. The van der Waals surface area contributed by atoms with Gasteiger partial charge in [-0.1, -0.05) is 11.6 Å².